The van der Waals surface area contributed by atoms with Crippen LogP contribution >= 0.6 is 0 Å². The molecule has 4 aromatic rings. The number of unbranched alkanes of at least 4 members (excludes halogenated alkanes) is 9. The SMILES string of the molecule is CCCCCCCCCCCCNC(=O)/C=C/c1ccc(-c2[nH]c(-c3cccnc3)nc2-c2ccc(OCC(=O)OC(C)(C)C)cc2)cc1. The normalized spacial score (nSPS) is 11.5. The van der Waals surface area contributed by atoms with Crippen LogP contribution in [0.15, 0.2) is 79.1 Å². The highest BCUT2D eigenvalue weighted by atomic mass is 16.6. The first-order valence-corrected chi connectivity index (χ1v) is 17.7. The molecule has 2 aromatic heterocycles. The molecule has 49 heavy (non-hydrogen) atoms. The molecular formula is C41H52N4O4. The molecule has 0 spiro atoms. The van der Waals surface area contributed by atoms with Gasteiger partial charge in [-0.3, -0.25) is 9.78 Å². The molecule has 0 aliphatic carbocycles. The number of ether oxygens (including phenoxy) is 2. The van der Waals surface area contributed by atoms with E-state index < -0.39 is 11.6 Å². The third-order valence-electron chi connectivity index (χ3n) is 8.00. The largest absolute Gasteiger partial charge is 0.482 e. The summed E-state index contributed by atoms with van der Waals surface area (Å²) in [7, 11) is 0. The minimum Gasteiger partial charge on any atom is -0.482 e. The number of hydrogen-bond donors (Lipinski definition) is 2. The molecule has 0 atom stereocenters. The monoisotopic (exact) mass is 664 g/mol. The average molecular weight is 665 g/mol. The van der Waals surface area contributed by atoms with E-state index in [1.165, 1.54) is 51.4 Å². The molecule has 4 rings (SSSR count). The molecule has 0 bridgehead atoms. The molecule has 0 unspecified atom stereocenters. The quantitative estimate of drug-likeness (QED) is 0.0587. The third kappa shape index (κ3) is 13.0. The summed E-state index contributed by atoms with van der Waals surface area (Å²) in [4.78, 5) is 37.2. The smallest absolute Gasteiger partial charge is 0.344 e. The Morgan fingerprint density at radius 2 is 1.47 bits per heavy atom. The minimum atomic E-state index is -0.568. The number of carbonyl (C=O) groups is 2. The highest BCUT2D eigenvalue weighted by Gasteiger charge is 2.18. The number of benzene rings is 2. The van der Waals surface area contributed by atoms with E-state index in [4.69, 9.17) is 14.5 Å². The van der Waals surface area contributed by atoms with Crippen LogP contribution in [0.1, 0.15) is 97.5 Å². The number of hydrogen-bond acceptors (Lipinski definition) is 6. The lowest BCUT2D eigenvalue weighted by atomic mass is 10.0. The van der Waals surface area contributed by atoms with Crippen LogP contribution in [0.2, 0.25) is 0 Å². The Bertz CT molecular complexity index is 1600. The van der Waals surface area contributed by atoms with Crippen molar-refractivity contribution in [1.82, 2.24) is 20.3 Å². The van der Waals surface area contributed by atoms with Gasteiger partial charge in [-0.15, -0.1) is 0 Å². The average Bonchev–Trinajstić information content (AvgIpc) is 3.54. The Kier molecular flexibility index (Phi) is 14.6. The van der Waals surface area contributed by atoms with Gasteiger partial charge in [0.1, 0.15) is 17.2 Å². The van der Waals surface area contributed by atoms with Gasteiger partial charge in [0.25, 0.3) is 0 Å². The van der Waals surface area contributed by atoms with Gasteiger partial charge in [-0.25, -0.2) is 9.78 Å². The van der Waals surface area contributed by atoms with Crippen LogP contribution in [-0.2, 0) is 14.3 Å². The molecule has 0 saturated carbocycles. The first-order valence-electron chi connectivity index (χ1n) is 17.7. The fourth-order valence-corrected chi connectivity index (χ4v) is 5.47. The van der Waals surface area contributed by atoms with Crippen molar-refractivity contribution >= 4 is 18.0 Å². The minimum absolute atomic E-state index is 0.0736. The Labute approximate surface area is 291 Å². The number of imidazole rings is 1. The summed E-state index contributed by atoms with van der Waals surface area (Å²) in [5.74, 6) is 0.764. The number of nitrogens with zero attached hydrogens (tertiary/aromatic N) is 2. The molecule has 8 nitrogen and oxygen atoms in total. The van der Waals surface area contributed by atoms with E-state index in [0.717, 1.165) is 46.5 Å². The molecule has 2 N–H and O–H groups in total. The van der Waals surface area contributed by atoms with Crippen LogP contribution < -0.4 is 10.1 Å². The predicted molar refractivity (Wildman–Crippen MR) is 198 cm³/mol. The molecule has 0 radical (unpaired) electrons. The number of pyridine rings is 1. The summed E-state index contributed by atoms with van der Waals surface area (Å²) in [5.41, 5.74) is 4.69. The van der Waals surface area contributed by atoms with Crippen molar-refractivity contribution in [2.45, 2.75) is 97.5 Å². The number of amides is 1. The zero-order valence-corrected chi connectivity index (χ0v) is 29.6. The van der Waals surface area contributed by atoms with E-state index in [9.17, 15) is 9.59 Å². The van der Waals surface area contributed by atoms with E-state index in [1.54, 1.807) is 18.5 Å². The third-order valence-corrected chi connectivity index (χ3v) is 8.00. The molecule has 0 aliphatic heterocycles. The lowest BCUT2D eigenvalue weighted by Gasteiger charge is -2.19. The van der Waals surface area contributed by atoms with Gasteiger partial charge in [-0.2, -0.15) is 0 Å². The molecule has 1 amide bonds. The fraction of sp³-hybridized carbons (Fsp3) is 0.415. The van der Waals surface area contributed by atoms with Crippen molar-refractivity contribution in [3.05, 3.63) is 84.7 Å². The van der Waals surface area contributed by atoms with Gasteiger partial charge in [-0.05, 0) is 75.2 Å². The lowest BCUT2D eigenvalue weighted by Crippen LogP contribution is -2.27. The van der Waals surface area contributed by atoms with Crippen molar-refractivity contribution in [1.29, 1.82) is 0 Å². The molecule has 2 heterocycles. The standard InChI is InChI=1S/C41H52N4O4/c1-5-6-7-8-9-10-11-12-13-14-28-43-36(46)26-19-31-17-20-32(21-18-31)38-39(45-40(44-38)34-16-15-27-42-29-34)33-22-24-35(25-23-33)48-30-37(47)49-41(2,3)4/h15-27,29H,5-14,28,30H2,1-4H3,(H,43,46)(H,44,45)/b26-19+. The van der Waals surface area contributed by atoms with Gasteiger partial charge in [0.2, 0.25) is 5.91 Å². The number of aromatic nitrogens is 3. The number of esters is 1. The number of H-pyrrole nitrogens is 1. The van der Waals surface area contributed by atoms with Crippen molar-refractivity contribution in [2.75, 3.05) is 13.2 Å². The van der Waals surface area contributed by atoms with Crippen molar-refractivity contribution in [3.8, 4) is 39.7 Å². The molecular weight excluding hydrogens is 612 g/mol. The second-order valence-corrected chi connectivity index (χ2v) is 13.4. The van der Waals surface area contributed by atoms with Crippen molar-refractivity contribution in [2.24, 2.45) is 0 Å². The number of aromatic amines is 1. The van der Waals surface area contributed by atoms with E-state index in [2.05, 4.69) is 22.2 Å². The van der Waals surface area contributed by atoms with Crippen LogP contribution in [0.3, 0.4) is 0 Å². The number of nitrogens with one attached hydrogen (secondary N) is 2. The summed E-state index contributed by atoms with van der Waals surface area (Å²) in [6, 6.07) is 19.3. The van der Waals surface area contributed by atoms with Crippen LogP contribution in [0, 0.1) is 0 Å². The second-order valence-electron chi connectivity index (χ2n) is 13.4. The zero-order valence-electron chi connectivity index (χ0n) is 29.6. The number of rotatable bonds is 19. The first-order chi connectivity index (χ1) is 23.7. The number of carbonyl (C=O) groups excluding carboxylic acids is 2. The Hall–Kier alpha value is -4.72. The second kappa shape index (κ2) is 19.3. The Balaban J connectivity index is 1.34. The van der Waals surface area contributed by atoms with Crippen LogP contribution in [0.4, 0.5) is 0 Å². The Morgan fingerprint density at radius 3 is 2.10 bits per heavy atom. The van der Waals surface area contributed by atoms with E-state index in [0.29, 0.717) is 18.1 Å². The van der Waals surface area contributed by atoms with Crippen LogP contribution in [0.5, 0.6) is 5.75 Å². The molecule has 2 aromatic carbocycles. The summed E-state index contributed by atoms with van der Waals surface area (Å²) < 4.78 is 11.0. The van der Waals surface area contributed by atoms with E-state index in [1.807, 2.05) is 87.5 Å². The maximum absolute atomic E-state index is 12.4. The summed E-state index contributed by atoms with van der Waals surface area (Å²) in [5, 5.41) is 3.01. The van der Waals surface area contributed by atoms with E-state index in [-0.39, 0.29) is 12.5 Å². The van der Waals surface area contributed by atoms with Crippen molar-refractivity contribution in [3.63, 3.8) is 0 Å². The van der Waals surface area contributed by atoms with Gasteiger partial charge >= 0.3 is 5.97 Å². The fourth-order valence-electron chi connectivity index (χ4n) is 5.47. The van der Waals surface area contributed by atoms with Gasteiger partial charge in [-0.1, -0.05) is 89.0 Å². The molecule has 0 saturated heterocycles. The van der Waals surface area contributed by atoms with Gasteiger partial charge in [0.15, 0.2) is 6.61 Å². The highest BCUT2D eigenvalue weighted by molar-refractivity contribution is 5.91. The highest BCUT2D eigenvalue weighted by Crippen LogP contribution is 2.34. The maximum atomic E-state index is 12.4. The summed E-state index contributed by atoms with van der Waals surface area (Å²) >= 11 is 0. The summed E-state index contributed by atoms with van der Waals surface area (Å²) in [6.07, 6.45) is 19.7. The topological polar surface area (TPSA) is 106 Å². The Morgan fingerprint density at radius 1 is 0.816 bits per heavy atom. The molecule has 0 aliphatic rings. The van der Waals surface area contributed by atoms with Crippen LogP contribution in [0.25, 0.3) is 40.0 Å². The first kappa shape index (κ1) is 37.1. The molecule has 260 valence electrons. The van der Waals surface area contributed by atoms with Gasteiger partial charge in [0, 0.05) is 41.7 Å². The van der Waals surface area contributed by atoms with Crippen molar-refractivity contribution < 1.29 is 19.1 Å². The lowest BCUT2D eigenvalue weighted by molar-refractivity contribution is -0.157. The van der Waals surface area contributed by atoms with Gasteiger partial charge in [0.05, 0.1) is 11.4 Å². The maximum Gasteiger partial charge on any atom is 0.344 e. The molecule has 0 fully saturated rings. The predicted octanol–water partition coefficient (Wildman–Crippen LogP) is 9.58. The van der Waals surface area contributed by atoms with Gasteiger partial charge < -0.3 is 19.8 Å². The zero-order chi connectivity index (χ0) is 34.9. The molecule has 8 heteroatoms. The van der Waals surface area contributed by atoms with Crippen LogP contribution in [-0.4, -0.2) is 45.6 Å². The summed E-state index contributed by atoms with van der Waals surface area (Å²) in [6.45, 7) is 8.26. The van der Waals surface area contributed by atoms with E-state index >= 15 is 0 Å².